The average Bonchev–Trinajstić information content (AvgIpc) is 2.17. The number of hydrogen-bond donors (Lipinski definition) is 1. The van der Waals surface area contributed by atoms with Crippen LogP contribution in [0.1, 0.15) is 18.4 Å². The van der Waals surface area contributed by atoms with Crippen LogP contribution < -0.4 is 5.73 Å². The lowest BCUT2D eigenvalue weighted by Gasteiger charge is -2.06. The summed E-state index contributed by atoms with van der Waals surface area (Å²) in [6, 6.07) is 4.10. The van der Waals surface area contributed by atoms with Crippen molar-refractivity contribution in [3.05, 3.63) is 30.1 Å². The summed E-state index contributed by atoms with van der Waals surface area (Å²) >= 11 is 0. The van der Waals surface area contributed by atoms with Gasteiger partial charge >= 0.3 is 0 Å². The highest BCUT2D eigenvalue weighted by atomic mass is 14.6. The number of terminal acetylenes is 1. The standard InChI is InChI=1S/C11H14N2/c1-2-4-11(12)7-6-10-5-3-8-13-9-10/h1,3,5,8-9,11H,4,6-7,12H2. The summed E-state index contributed by atoms with van der Waals surface area (Å²) in [5.74, 6) is 2.56. The van der Waals surface area contributed by atoms with Crippen molar-refractivity contribution in [3.8, 4) is 12.3 Å². The maximum absolute atomic E-state index is 5.77. The van der Waals surface area contributed by atoms with Crippen LogP contribution in [0.5, 0.6) is 0 Å². The first kappa shape index (κ1) is 9.76. The van der Waals surface area contributed by atoms with Crippen LogP contribution in [-0.4, -0.2) is 11.0 Å². The van der Waals surface area contributed by atoms with Gasteiger partial charge in [0.15, 0.2) is 0 Å². The van der Waals surface area contributed by atoms with Crippen molar-refractivity contribution in [2.24, 2.45) is 5.73 Å². The minimum Gasteiger partial charge on any atom is -0.327 e. The highest BCUT2D eigenvalue weighted by Crippen LogP contribution is 2.03. The van der Waals surface area contributed by atoms with E-state index in [1.54, 1.807) is 6.20 Å². The van der Waals surface area contributed by atoms with Gasteiger partial charge in [-0.1, -0.05) is 6.07 Å². The molecule has 0 aliphatic heterocycles. The van der Waals surface area contributed by atoms with Crippen molar-refractivity contribution >= 4 is 0 Å². The molecule has 0 spiro atoms. The van der Waals surface area contributed by atoms with Gasteiger partial charge in [-0.05, 0) is 24.5 Å². The van der Waals surface area contributed by atoms with Crippen LogP contribution in [0.2, 0.25) is 0 Å². The maximum atomic E-state index is 5.77. The Kier molecular flexibility index (Phi) is 4.01. The van der Waals surface area contributed by atoms with Crippen LogP contribution in [-0.2, 0) is 6.42 Å². The molecule has 1 aromatic rings. The molecule has 0 aromatic carbocycles. The van der Waals surface area contributed by atoms with Crippen molar-refractivity contribution in [2.45, 2.75) is 25.3 Å². The molecule has 2 N–H and O–H groups in total. The third-order valence-corrected chi connectivity index (χ3v) is 1.91. The predicted molar refractivity (Wildman–Crippen MR) is 54.0 cm³/mol. The van der Waals surface area contributed by atoms with Crippen molar-refractivity contribution < 1.29 is 0 Å². The molecule has 1 aromatic heterocycles. The fourth-order valence-electron chi connectivity index (χ4n) is 1.15. The molecule has 0 aliphatic rings. The molecule has 2 heteroatoms. The second-order valence-electron chi connectivity index (χ2n) is 3.07. The number of hydrogen-bond acceptors (Lipinski definition) is 2. The largest absolute Gasteiger partial charge is 0.327 e. The van der Waals surface area contributed by atoms with Gasteiger partial charge in [-0.2, -0.15) is 0 Å². The summed E-state index contributed by atoms with van der Waals surface area (Å²) < 4.78 is 0. The fourth-order valence-corrected chi connectivity index (χ4v) is 1.15. The molecular weight excluding hydrogens is 160 g/mol. The Hall–Kier alpha value is -1.33. The van der Waals surface area contributed by atoms with Crippen LogP contribution in [0, 0.1) is 12.3 Å². The third-order valence-electron chi connectivity index (χ3n) is 1.91. The van der Waals surface area contributed by atoms with Crippen LogP contribution in [0.3, 0.4) is 0 Å². The summed E-state index contributed by atoms with van der Waals surface area (Å²) in [6.07, 6.45) is 11.3. The quantitative estimate of drug-likeness (QED) is 0.700. The third kappa shape index (κ3) is 3.73. The summed E-state index contributed by atoms with van der Waals surface area (Å²) in [6.45, 7) is 0. The van der Waals surface area contributed by atoms with E-state index in [4.69, 9.17) is 12.2 Å². The number of rotatable bonds is 4. The Morgan fingerprint density at radius 1 is 1.62 bits per heavy atom. The maximum Gasteiger partial charge on any atom is 0.0299 e. The summed E-state index contributed by atoms with van der Waals surface area (Å²) in [4.78, 5) is 4.03. The molecule has 13 heavy (non-hydrogen) atoms. The average molecular weight is 174 g/mol. The number of pyridine rings is 1. The van der Waals surface area contributed by atoms with E-state index in [0.717, 1.165) is 12.8 Å². The number of aryl methyl sites for hydroxylation is 1. The molecule has 0 fully saturated rings. The predicted octanol–water partition coefficient (Wildman–Crippen LogP) is 1.36. The molecule has 0 bridgehead atoms. The Morgan fingerprint density at radius 2 is 2.46 bits per heavy atom. The fraction of sp³-hybridized carbons (Fsp3) is 0.364. The molecule has 68 valence electrons. The molecule has 1 atom stereocenters. The minimum atomic E-state index is 0.116. The summed E-state index contributed by atoms with van der Waals surface area (Å²) in [7, 11) is 0. The van der Waals surface area contributed by atoms with E-state index in [9.17, 15) is 0 Å². The van der Waals surface area contributed by atoms with E-state index in [0.29, 0.717) is 6.42 Å². The number of nitrogens with two attached hydrogens (primary N) is 1. The van der Waals surface area contributed by atoms with Gasteiger partial charge in [-0.25, -0.2) is 0 Å². The molecule has 0 amide bonds. The summed E-state index contributed by atoms with van der Waals surface area (Å²) in [5, 5.41) is 0. The molecule has 0 saturated carbocycles. The van der Waals surface area contributed by atoms with Crippen molar-refractivity contribution in [3.63, 3.8) is 0 Å². The van der Waals surface area contributed by atoms with Gasteiger partial charge in [0.05, 0.1) is 0 Å². The van der Waals surface area contributed by atoms with E-state index in [1.165, 1.54) is 5.56 Å². The number of nitrogens with zero attached hydrogens (tertiary/aromatic N) is 1. The Bertz CT molecular complexity index is 274. The van der Waals surface area contributed by atoms with Crippen molar-refractivity contribution in [1.82, 2.24) is 4.98 Å². The second-order valence-corrected chi connectivity index (χ2v) is 3.07. The lowest BCUT2D eigenvalue weighted by atomic mass is 10.1. The lowest BCUT2D eigenvalue weighted by Crippen LogP contribution is -2.19. The zero-order chi connectivity index (χ0) is 9.52. The zero-order valence-electron chi connectivity index (χ0n) is 7.61. The Balaban J connectivity index is 2.32. The van der Waals surface area contributed by atoms with Gasteiger partial charge < -0.3 is 5.73 Å². The van der Waals surface area contributed by atoms with E-state index >= 15 is 0 Å². The van der Waals surface area contributed by atoms with Crippen LogP contribution in [0.4, 0.5) is 0 Å². The molecule has 1 rings (SSSR count). The highest BCUT2D eigenvalue weighted by Gasteiger charge is 2.00. The van der Waals surface area contributed by atoms with Crippen LogP contribution in [0.15, 0.2) is 24.5 Å². The van der Waals surface area contributed by atoms with Crippen LogP contribution >= 0.6 is 0 Å². The van der Waals surface area contributed by atoms with E-state index in [1.807, 2.05) is 12.3 Å². The Morgan fingerprint density at radius 3 is 3.08 bits per heavy atom. The monoisotopic (exact) mass is 174 g/mol. The smallest absolute Gasteiger partial charge is 0.0299 e. The van der Waals surface area contributed by atoms with Crippen LogP contribution in [0.25, 0.3) is 0 Å². The Labute approximate surface area is 79.2 Å². The molecule has 2 nitrogen and oxygen atoms in total. The molecule has 1 unspecified atom stereocenters. The van der Waals surface area contributed by atoms with Gasteiger partial charge in [-0.15, -0.1) is 12.3 Å². The van der Waals surface area contributed by atoms with Gasteiger partial charge in [0, 0.05) is 24.9 Å². The summed E-state index contributed by atoms with van der Waals surface area (Å²) in [5.41, 5.74) is 6.99. The lowest BCUT2D eigenvalue weighted by molar-refractivity contribution is 0.628. The minimum absolute atomic E-state index is 0.116. The second kappa shape index (κ2) is 5.34. The first-order valence-corrected chi connectivity index (χ1v) is 4.41. The van der Waals surface area contributed by atoms with Gasteiger partial charge in [0.1, 0.15) is 0 Å². The molecule has 0 radical (unpaired) electrons. The molecule has 0 saturated heterocycles. The SMILES string of the molecule is C#CCC(N)CCc1cccnc1. The van der Waals surface area contributed by atoms with E-state index in [2.05, 4.69) is 17.0 Å². The molecule has 1 heterocycles. The van der Waals surface area contributed by atoms with Gasteiger partial charge in [0.2, 0.25) is 0 Å². The zero-order valence-corrected chi connectivity index (χ0v) is 7.61. The highest BCUT2D eigenvalue weighted by molar-refractivity contribution is 5.08. The van der Waals surface area contributed by atoms with Crippen molar-refractivity contribution in [2.75, 3.05) is 0 Å². The normalized spacial score (nSPS) is 12.0. The number of aromatic nitrogens is 1. The van der Waals surface area contributed by atoms with Crippen molar-refractivity contribution in [1.29, 1.82) is 0 Å². The van der Waals surface area contributed by atoms with Gasteiger partial charge in [0.25, 0.3) is 0 Å². The first-order valence-electron chi connectivity index (χ1n) is 4.41. The first-order chi connectivity index (χ1) is 6.33. The van der Waals surface area contributed by atoms with E-state index in [-0.39, 0.29) is 6.04 Å². The topological polar surface area (TPSA) is 38.9 Å². The molecule has 0 aliphatic carbocycles. The molecular formula is C11H14N2. The van der Waals surface area contributed by atoms with Gasteiger partial charge in [-0.3, -0.25) is 4.98 Å². The van der Waals surface area contributed by atoms with E-state index < -0.39 is 0 Å².